The van der Waals surface area contributed by atoms with Crippen molar-refractivity contribution in [2.45, 2.75) is 13.0 Å². The first-order valence-electron chi connectivity index (χ1n) is 10.8. The number of carbonyl (C=O) groups excluding carboxylic acids is 2. The van der Waals surface area contributed by atoms with E-state index in [1.165, 1.54) is 23.8 Å². The molecule has 7 nitrogen and oxygen atoms in total. The third-order valence-electron chi connectivity index (χ3n) is 5.81. The number of benzene rings is 2. The van der Waals surface area contributed by atoms with Gasteiger partial charge in [-0.05, 0) is 36.2 Å². The summed E-state index contributed by atoms with van der Waals surface area (Å²) in [5.74, 6) is -0.276. The van der Waals surface area contributed by atoms with Gasteiger partial charge in [-0.25, -0.2) is 0 Å². The molecule has 33 heavy (non-hydrogen) atoms. The summed E-state index contributed by atoms with van der Waals surface area (Å²) in [7, 11) is 0. The Morgan fingerprint density at radius 2 is 1.70 bits per heavy atom. The molecule has 0 atom stereocenters. The van der Waals surface area contributed by atoms with Crippen LogP contribution in [0.15, 0.2) is 42.5 Å². The number of ether oxygens (including phenoxy) is 1. The van der Waals surface area contributed by atoms with Crippen LogP contribution in [0.1, 0.15) is 5.56 Å². The summed E-state index contributed by atoms with van der Waals surface area (Å²) in [4.78, 5) is 31.2. The van der Waals surface area contributed by atoms with Crippen molar-refractivity contribution in [2.75, 3.05) is 56.0 Å². The van der Waals surface area contributed by atoms with E-state index in [4.69, 9.17) is 11.6 Å². The largest absolute Gasteiger partial charge is 0.433 e. The van der Waals surface area contributed by atoms with E-state index >= 15 is 0 Å². The Bertz CT molecular complexity index is 1010. The number of rotatable bonds is 7. The number of carbonyl (C=O) groups is 2. The lowest BCUT2D eigenvalue weighted by molar-refractivity contribution is -0.121. The van der Waals surface area contributed by atoms with E-state index in [2.05, 4.69) is 21.0 Å². The fourth-order valence-corrected chi connectivity index (χ4v) is 4.38. The highest BCUT2D eigenvalue weighted by molar-refractivity contribution is 6.32. The van der Waals surface area contributed by atoms with Gasteiger partial charge >= 0.3 is 6.61 Å². The Kier molecular flexibility index (Phi) is 7.42. The molecule has 0 saturated carbocycles. The van der Waals surface area contributed by atoms with Gasteiger partial charge in [0.05, 0.1) is 18.1 Å². The maximum Gasteiger partial charge on any atom is 0.387 e. The number of alkyl halides is 2. The van der Waals surface area contributed by atoms with Crippen molar-refractivity contribution in [3.8, 4) is 5.75 Å². The van der Waals surface area contributed by atoms with Gasteiger partial charge in [-0.3, -0.25) is 19.4 Å². The minimum Gasteiger partial charge on any atom is -0.433 e. The monoisotopic (exact) mass is 478 g/mol. The summed E-state index contributed by atoms with van der Waals surface area (Å²) in [6.45, 7) is 1.02. The maximum absolute atomic E-state index is 12.8. The lowest BCUT2D eigenvalue weighted by Gasteiger charge is -2.34. The van der Waals surface area contributed by atoms with Crippen LogP contribution in [-0.4, -0.2) is 74.0 Å². The molecule has 0 aliphatic carbocycles. The number of nitrogens with one attached hydrogen (secondary N) is 1. The van der Waals surface area contributed by atoms with E-state index in [9.17, 15) is 18.4 Å². The van der Waals surface area contributed by atoms with E-state index in [1.807, 2.05) is 28.0 Å². The van der Waals surface area contributed by atoms with Crippen molar-refractivity contribution >= 4 is 34.8 Å². The van der Waals surface area contributed by atoms with Gasteiger partial charge in [-0.1, -0.05) is 29.8 Å². The van der Waals surface area contributed by atoms with Crippen LogP contribution in [0.3, 0.4) is 0 Å². The minimum absolute atomic E-state index is 0.00740. The fourth-order valence-electron chi connectivity index (χ4n) is 4.15. The van der Waals surface area contributed by atoms with E-state index in [0.717, 1.165) is 18.7 Å². The number of fused-ring (bicyclic) bond motifs is 1. The quantitative estimate of drug-likeness (QED) is 0.662. The Morgan fingerprint density at radius 3 is 2.39 bits per heavy atom. The second-order valence-electron chi connectivity index (χ2n) is 8.05. The predicted molar refractivity (Wildman–Crippen MR) is 122 cm³/mol. The number of para-hydroxylation sites is 1. The Labute approximate surface area is 195 Å². The van der Waals surface area contributed by atoms with Gasteiger partial charge in [0, 0.05) is 44.1 Å². The summed E-state index contributed by atoms with van der Waals surface area (Å²) in [5, 5.41) is 2.71. The fraction of sp³-hybridized carbons (Fsp3) is 0.391. The third kappa shape index (κ3) is 5.98. The van der Waals surface area contributed by atoms with Crippen molar-refractivity contribution in [3.63, 3.8) is 0 Å². The van der Waals surface area contributed by atoms with Crippen LogP contribution in [0.2, 0.25) is 5.02 Å². The number of hydrogen-bond donors (Lipinski definition) is 1. The lowest BCUT2D eigenvalue weighted by Crippen LogP contribution is -2.51. The van der Waals surface area contributed by atoms with Gasteiger partial charge in [0.15, 0.2) is 0 Å². The van der Waals surface area contributed by atoms with Gasteiger partial charge in [-0.2, -0.15) is 8.78 Å². The van der Waals surface area contributed by atoms with Gasteiger partial charge in [0.25, 0.3) is 0 Å². The molecule has 2 amide bonds. The SMILES string of the molecule is O=C(CN1CCN(CC(=O)N2CCc3ccccc32)CC1)Nc1ccc(OC(F)F)c(Cl)c1. The zero-order valence-corrected chi connectivity index (χ0v) is 18.7. The predicted octanol–water partition coefficient (Wildman–Crippen LogP) is 3.09. The first-order valence-corrected chi connectivity index (χ1v) is 11.1. The molecule has 176 valence electrons. The van der Waals surface area contributed by atoms with Crippen molar-refractivity contribution in [1.82, 2.24) is 9.80 Å². The number of amides is 2. The van der Waals surface area contributed by atoms with Crippen LogP contribution in [0.5, 0.6) is 5.75 Å². The normalized spacial score (nSPS) is 16.7. The number of hydrogen-bond acceptors (Lipinski definition) is 5. The van der Waals surface area contributed by atoms with Gasteiger partial charge in [0.2, 0.25) is 11.8 Å². The van der Waals surface area contributed by atoms with Crippen LogP contribution in [-0.2, 0) is 16.0 Å². The molecule has 0 unspecified atom stereocenters. The highest BCUT2D eigenvalue weighted by atomic mass is 35.5. The molecule has 2 aliphatic rings. The molecular formula is C23H25ClF2N4O3. The molecule has 0 bridgehead atoms. The summed E-state index contributed by atoms with van der Waals surface area (Å²) in [5.41, 5.74) is 2.62. The molecule has 0 radical (unpaired) electrons. The minimum atomic E-state index is -2.97. The first-order chi connectivity index (χ1) is 15.9. The van der Waals surface area contributed by atoms with Crippen LogP contribution in [0, 0.1) is 0 Å². The molecule has 0 aromatic heterocycles. The van der Waals surface area contributed by atoms with E-state index in [1.54, 1.807) is 0 Å². The second-order valence-corrected chi connectivity index (χ2v) is 8.46. The zero-order valence-electron chi connectivity index (χ0n) is 18.0. The number of piperazine rings is 1. The maximum atomic E-state index is 12.8. The number of nitrogens with zero attached hydrogens (tertiary/aromatic N) is 3. The van der Waals surface area contributed by atoms with Gasteiger partial charge in [-0.15, -0.1) is 0 Å². The highest BCUT2D eigenvalue weighted by Gasteiger charge is 2.27. The second kappa shape index (κ2) is 10.5. The summed E-state index contributed by atoms with van der Waals surface area (Å²) in [6, 6.07) is 12.1. The molecule has 1 saturated heterocycles. The summed E-state index contributed by atoms with van der Waals surface area (Å²) >= 11 is 5.92. The van der Waals surface area contributed by atoms with E-state index < -0.39 is 6.61 Å². The van der Waals surface area contributed by atoms with Crippen LogP contribution < -0.4 is 15.0 Å². The molecule has 2 aromatic rings. The molecule has 2 aromatic carbocycles. The van der Waals surface area contributed by atoms with Crippen molar-refractivity contribution in [2.24, 2.45) is 0 Å². The van der Waals surface area contributed by atoms with Crippen molar-refractivity contribution in [1.29, 1.82) is 0 Å². The van der Waals surface area contributed by atoms with Gasteiger partial charge in [0.1, 0.15) is 5.75 Å². The number of anilines is 2. The topological polar surface area (TPSA) is 65.1 Å². The van der Waals surface area contributed by atoms with Crippen molar-refractivity contribution in [3.05, 3.63) is 53.1 Å². The Hall–Kier alpha value is -2.75. The molecule has 1 fully saturated rings. The average Bonchev–Trinajstić information content (AvgIpc) is 3.21. The third-order valence-corrected chi connectivity index (χ3v) is 6.11. The van der Waals surface area contributed by atoms with Crippen LogP contribution in [0.25, 0.3) is 0 Å². The molecule has 4 rings (SSSR count). The Morgan fingerprint density at radius 1 is 1.00 bits per heavy atom. The summed E-state index contributed by atoms with van der Waals surface area (Å²) < 4.78 is 28.9. The molecular weight excluding hydrogens is 454 g/mol. The summed E-state index contributed by atoms with van der Waals surface area (Å²) in [6.07, 6.45) is 0.887. The molecule has 2 heterocycles. The average molecular weight is 479 g/mol. The van der Waals surface area contributed by atoms with E-state index in [0.29, 0.717) is 38.4 Å². The molecule has 2 aliphatic heterocycles. The van der Waals surface area contributed by atoms with Gasteiger partial charge < -0.3 is 15.0 Å². The first kappa shape index (κ1) is 23.4. The lowest BCUT2D eigenvalue weighted by atomic mass is 10.2. The van der Waals surface area contributed by atoms with E-state index in [-0.39, 0.29) is 29.1 Å². The standard InChI is InChI=1S/C23H25ClF2N4O3/c24-18-13-17(5-6-20(18)33-23(25)26)27-21(31)14-28-9-11-29(12-10-28)15-22(32)30-8-7-16-3-1-2-4-19(16)30/h1-6,13,23H,7-12,14-15H2,(H,27,31). The smallest absolute Gasteiger partial charge is 0.387 e. The van der Waals surface area contributed by atoms with Crippen LogP contribution in [0.4, 0.5) is 20.2 Å². The molecule has 0 spiro atoms. The van der Waals surface area contributed by atoms with Crippen LogP contribution >= 0.6 is 11.6 Å². The molecule has 10 heteroatoms. The number of halogens is 3. The highest BCUT2D eigenvalue weighted by Crippen LogP contribution is 2.29. The Balaban J connectivity index is 1.21. The zero-order chi connectivity index (χ0) is 23.4. The van der Waals surface area contributed by atoms with Crippen molar-refractivity contribution < 1.29 is 23.1 Å². The molecule has 1 N–H and O–H groups in total.